The predicted octanol–water partition coefficient (Wildman–Crippen LogP) is 1.72. The minimum atomic E-state index is -3.70. The number of rotatable bonds is 3. The average molecular weight is 287 g/mol. The average Bonchev–Trinajstić information content (AvgIpc) is 2.35. The molecule has 0 saturated heterocycles. The zero-order valence-corrected chi connectivity index (χ0v) is 11.6. The van der Waals surface area contributed by atoms with Crippen LogP contribution in [-0.2, 0) is 10.0 Å². The zero-order valence-electron chi connectivity index (χ0n) is 10.8. The van der Waals surface area contributed by atoms with E-state index in [0.29, 0.717) is 25.7 Å². The third kappa shape index (κ3) is 3.32. The number of sulfonamides is 1. The summed E-state index contributed by atoms with van der Waals surface area (Å²) >= 11 is 0. The first-order valence-corrected chi connectivity index (χ1v) is 7.84. The largest absolute Gasteiger partial charge is 0.393 e. The topological polar surface area (TPSA) is 66.4 Å². The molecule has 0 aliphatic heterocycles. The van der Waals surface area contributed by atoms with Gasteiger partial charge in [-0.1, -0.05) is 6.07 Å². The summed E-state index contributed by atoms with van der Waals surface area (Å²) in [6, 6.07) is 3.85. The van der Waals surface area contributed by atoms with Gasteiger partial charge in [-0.05, 0) is 44.7 Å². The van der Waals surface area contributed by atoms with Crippen molar-refractivity contribution in [2.75, 3.05) is 0 Å². The first kappa shape index (κ1) is 14.4. The Morgan fingerprint density at radius 2 is 1.89 bits per heavy atom. The molecule has 4 nitrogen and oxygen atoms in total. The third-order valence-corrected chi connectivity index (χ3v) is 5.19. The second-order valence-electron chi connectivity index (χ2n) is 4.99. The summed E-state index contributed by atoms with van der Waals surface area (Å²) < 4.78 is 40.4. The van der Waals surface area contributed by atoms with Crippen LogP contribution in [0.25, 0.3) is 0 Å². The summed E-state index contributed by atoms with van der Waals surface area (Å²) in [4.78, 5) is -0.0152. The quantitative estimate of drug-likeness (QED) is 0.889. The van der Waals surface area contributed by atoms with Crippen LogP contribution in [0, 0.1) is 12.7 Å². The number of hydrogen-bond acceptors (Lipinski definition) is 3. The van der Waals surface area contributed by atoms with Crippen LogP contribution in [0.2, 0.25) is 0 Å². The van der Waals surface area contributed by atoms with E-state index in [1.807, 2.05) is 0 Å². The summed E-state index contributed by atoms with van der Waals surface area (Å²) in [6.07, 6.45) is 2.06. The normalized spacial score (nSPS) is 24.4. The molecule has 2 N–H and O–H groups in total. The Labute approximate surface area is 112 Å². The van der Waals surface area contributed by atoms with Crippen molar-refractivity contribution in [3.05, 3.63) is 29.6 Å². The lowest BCUT2D eigenvalue weighted by Crippen LogP contribution is -2.38. The maximum atomic E-state index is 13.4. The SMILES string of the molecule is Cc1c(F)cccc1S(=O)(=O)NC1CCC(O)CC1. The minimum absolute atomic E-state index is 0.0152. The van der Waals surface area contributed by atoms with Gasteiger partial charge >= 0.3 is 0 Å². The molecule has 1 aliphatic rings. The van der Waals surface area contributed by atoms with Crippen LogP contribution in [0.5, 0.6) is 0 Å². The van der Waals surface area contributed by atoms with Gasteiger partial charge in [0.1, 0.15) is 5.82 Å². The van der Waals surface area contributed by atoms with E-state index in [2.05, 4.69) is 4.72 Å². The highest BCUT2D eigenvalue weighted by atomic mass is 32.2. The van der Waals surface area contributed by atoms with Crippen molar-refractivity contribution in [2.45, 2.75) is 49.6 Å². The third-order valence-electron chi connectivity index (χ3n) is 3.53. The highest BCUT2D eigenvalue weighted by molar-refractivity contribution is 7.89. The summed E-state index contributed by atoms with van der Waals surface area (Å²) in [6.45, 7) is 1.45. The van der Waals surface area contributed by atoms with Crippen LogP contribution >= 0.6 is 0 Å². The van der Waals surface area contributed by atoms with Gasteiger partial charge in [-0.15, -0.1) is 0 Å². The van der Waals surface area contributed by atoms with Crippen molar-refractivity contribution in [3.63, 3.8) is 0 Å². The molecule has 1 aromatic rings. The maximum absolute atomic E-state index is 13.4. The number of halogens is 1. The van der Waals surface area contributed by atoms with Gasteiger partial charge < -0.3 is 5.11 Å². The molecule has 0 amide bonds. The Kier molecular flexibility index (Phi) is 4.23. The lowest BCUT2D eigenvalue weighted by Gasteiger charge is -2.26. The highest BCUT2D eigenvalue weighted by Gasteiger charge is 2.26. The Morgan fingerprint density at radius 1 is 1.26 bits per heavy atom. The van der Waals surface area contributed by atoms with Gasteiger partial charge in [-0.25, -0.2) is 17.5 Å². The van der Waals surface area contributed by atoms with Crippen LogP contribution in [0.1, 0.15) is 31.2 Å². The van der Waals surface area contributed by atoms with Crippen molar-refractivity contribution >= 4 is 10.0 Å². The number of aliphatic hydroxyl groups is 1. The van der Waals surface area contributed by atoms with Gasteiger partial charge in [0.15, 0.2) is 0 Å². The van der Waals surface area contributed by atoms with Gasteiger partial charge in [-0.3, -0.25) is 0 Å². The first-order chi connectivity index (χ1) is 8.90. The van der Waals surface area contributed by atoms with Gasteiger partial charge in [0.25, 0.3) is 0 Å². The highest BCUT2D eigenvalue weighted by Crippen LogP contribution is 2.22. The molecule has 0 spiro atoms. The molecular weight excluding hydrogens is 269 g/mol. The van der Waals surface area contributed by atoms with Crippen LogP contribution in [0.3, 0.4) is 0 Å². The lowest BCUT2D eigenvalue weighted by molar-refractivity contribution is 0.120. The molecule has 1 fully saturated rings. The van der Waals surface area contributed by atoms with Crippen molar-refractivity contribution in [3.8, 4) is 0 Å². The van der Waals surface area contributed by atoms with Gasteiger partial charge in [0.05, 0.1) is 11.0 Å². The Balaban J connectivity index is 2.16. The van der Waals surface area contributed by atoms with Crippen molar-refractivity contribution in [1.82, 2.24) is 4.72 Å². The number of nitrogens with one attached hydrogen (secondary N) is 1. The summed E-state index contributed by atoms with van der Waals surface area (Å²) in [7, 11) is -3.70. The summed E-state index contributed by atoms with van der Waals surface area (Å²) in [5, 5.41) is 9.40. The fourth-order valence-corrected chi connectivity index (χ4v) is 3.92. The fraction of sp³-hybridized carbons (Fsp3) is 0.538. The van der Waals surface area contributed by atoms with Gasteiger partial charge in [-0.2, -0.15) is 0 Å². The molecule has 1 aliphatic carbocycles. The maximum Gasteiger partial charge on any atom is 0.241 e. The zero-order chi connectivity index (χ0) is 14.0. The molecule has 106 valence electrons. The molecule has 0 heterocycles. The monoisotopic (exact) mass is 287 g/mol. The Hall–Kier alpha value is -0.980. The minimum Gasteiger partial charge on any atom is -0.393 e. The Bertz CT molecular complexity index is 551. The van der Waals surface area contributed by atoms with Crippen LogP contribution in [0.15, 0.2) is 23.1 Å². The number of hydrogen-bond donors (Lipinski definition) is 2. The number of benzene rings is 1. The molecule has 0 aromatic heterocycles. The van der Waals surface area contributed by atoms with Crippen molar-refractivity contribution < 1.29 is 17.9 Å². The van der Waals surface area contributed by atoms with Crippen LogP contribution in [0.4, 0.5) is 4.39 Å². The smallest absolute Gasteiger partial charge is 0.241 e. The van der Waals surface area contributed by atoms with Crippen LogP contribution < -0.4 is 4.72 Å². The predicted molar refractivity (Wildman–Crippen MR) is 69.7 cm³/mol. The molecule has 1 aromatic carbocycles. The van der Waals surface area contributed by atoms with Crippen molar-refractivity contribution in [1.29, 1.82) is 0 Å². The lowest BCUT2D eigenvalue weighted by atomic mass is 9.94. The molecular formula is C13H18FNO3S. The van der Waals surface area contributed by atoms with Crippen molar-refractivity contribution in [2.24, 2.45) is 0 Å². The second kappa shape index (κ2) is 5.56. The molecule has 0 radical (unpaired) electrons. The summed E-state index contributed by atoms with van der Waals surface area (Å²) in [5.74, 6) is -0.526. The van der Waals surface area contributed by atoms with E-state index in [9.17, 15) is 17.9 Å². The molecule has 0 atom stereocenters. The molecule has 0 bridgehead atoms. The van der Waals surface area contributed by atoms with E-state index in [-0.39, 0.29) is 22.6 Å². The van der Waals surface area contributed by atoms with E-state index in [4.69, 9.17) is 0 Å². The number of aliphatic hydroxyl groups excluding tert-OH is 1. The molecule has 1 saturated carbocycles. The van der Waals surface area contributed by atoms with E-state index in [1.54, 1.807) is 0 Å². The van der Waals surface area contributed by atoms with E-state index in [0.717, 1.165) is 0 Å². The Morgan fingerprint density at radius 3 is 2.53 bits per heavy atom. The second-order valence-corrected chi connectivity index (χ2v) is 6.67. The standard InChI is InChI=1S/C13H18FNO3S/c1-9-12(14)3-2-4-13(9)19(17,18)15-10-5-7-11(16)8-6-10/h2-4,10-11,15-16H,5-8H2,1H3. The van der Waals surface area contributed by atoms with Gasteiger partial charge in [0.2, 0.25) is 10.0 Å². The first-order valence-electron chi connectivity index (χ1n) is 6.35. The van der Waals surface area contributed by atoms with E-state index < -0.39 is 15.8 Å². The molecule has 0 unspecified atom stereocenters. The summed E-state index contributed by atoms with van der Waals surface area (Å²) in [5.41, 5.74) is 0.130. The molecule has 6 heteroatoms. The molecule has 2 rings (SSSR count). The van der Waals surface area contributed by atoms with E-state index >= 15 is 0 Å². The molecule has 19 heavy (non-hydrogen) atoms. The van der Waals surface area contributed by atoms with Gasteiger partial charge in [0, 0.05) is 11.6 Å². The van der Waals surface area contributed by atoms with Crippen LogP contribution in [-0.4, -0.2) is 25.7 Å². The van der Waals surface area contributed by atoms with E-state index in [1.165, 1.54) is 25.1 Å². The fourth-order valence-electron chi connectivity index (χ4n) is 2.36.